The average molecular weight is 247 g/mol. The number of nitrogens with one attached hydrogen (secondary N) is 2. The van der Waals surface area contributed by atoms with Crippen LogP contribution in [0.1, 0.15) is 30.1 Å². The van der Waals surface area contributed by atoms with E-state index in [-0.39, 0.29) is 18.6 Å². The minimum Gasteiger partial charge on any atom is -0.396 e. The normalized spacial score (nSPS) is 12.6. The van der Waals surface area contributed by atoms with Crippen LogP contribution >= 0.6 is 0 Å². The Balaban J connectivity index is 2.12. The fourth-order valence-corrected chi connectivity index (χ4v) is 1.88. The zero-order valence-corrected chi connectivity index (χ0v) is 10.3. The Kier molecular flexibility index (Phi) is 3.94. The monoisotopic (exact) mass is 247 g/mol. The number of hydrogen-bond donors (Lipinski definition) is 3. The van der Waals surface area contributed by atoms with Crippen molar-refractivity contribution in [3.8, 4) is 0 Å². The van der Waals surface area contributed by atoms with Gasteiger partial charge in [0, 0.05) is 18.2 Å². The number of nitrogens with zero attached hydrogens (tertiary/aromatic N) is 1. The van der Waals surface area contributed by atoms with Crippen LogP contribution in [-0.4, -0.2) is 33.6 Å². The Morgan fingerprint density at radius 3 is 3.11 bits per heavy atom. The number of aliphatic hydroxyl groups excluding tert-OH is 1. The van der Waals surface area contributed by atoms with Crippen LogP contribution < -0.4 is 5.32 Å². The molecule has 5 heteroatoms. The molecule has 0 spiro atoms. The molecule has 0 aliphatic rings. The first-order valence-corrected chi connectivity index (χ1v) is 6.09. The van der Waals surface area contributed by atoms with Gasteiger partial charge in [-0.2, -0.15) is 0 Å². The maximum Gasteiger partial charge on any atom is 0.251 e. The molecule has 0 saturated carbocycles. The van der Waals surface area contributed by atoms with E-state index in [1.165, 1.54) is 0 Å². The number of H-pyrrole nitrogens is 1. The lowest BCUT2D eigenvalue weighted by molar-refractivity contribution is 0.0929. The SMILES string of the molecule is CCC(CCO)NC(=O)c1ccc2nc[nH]c2c1. The highest BCUT2D eigenvalue weighted by molar-refractivity contribution is 5.97. The average Bonchev–Trinajstić information content (AvgIpc) is 2.85. The van der Waals surface area contributed by atoms with Crippen molar-refractivity contribution in [1.82, 2.24) is 15.3 Å². The van der Waals surface area contributed by atoms with Crippen LogP contribution in [0.2, 0.25) is 0 Å². The third-order valence-corrected chi connectivity index (χ3v) is 2.99. The smallest absolute Gasteiger partial charge is 0.251 e. The summed E-state index contributed by atoms with van der Waals surface area (Å²) in [7, 11) is 0. The number of carbonyl (C=O) groups is 1. The Labute approximate surface area is 105 Å². The topological polar surface area (TPSA) is 78.0 Å². The fourth-order valence-electron chi connectivity index (χ4n) is 1.88. The van der Waals surface area contributed by atoms with Crippen molar-refractivity contribution in [3.05, 3.63) is 30.1 Å². The van der Waals surface area contributed by atoms with Crippen molar-refractivity contribution >= 4 is 16.9 Å². The maximum atomic E-state index is 12.0. The van der Waals surface area contributed by atoms with E-state index in [9.17, 15) is 4.79 Å². The lowest BCUT2D eigenvalue weighted by Crippen LogP contribution is -2.35. The second kappa shape index (κ2) is 5.64. The zero-order valence-electron chi connectivity index (χ0n) is 10.3. The molecule has 0 saturated heterocycles. The van der Waals surface area contributed by atoms with E-state index < -0.39 is 0 Å². The molecule has 3 N–H and O–H groups in total. The molecule has 0 aliphatic heterocycles. The Morgan fingerprint density at radius 2 is 2.39 bits per heavy atom. The summed E-state index contributed by atoms with van der Waals surface area (Å²) in [4.78, 5) is 19.1. The maximum absolute atomic E-state index is 12.0. The molecule has 1 atom stereocenters. The van der Waals surface area contributed by atoms with Crippen LogP contribution in [0.25, 0.3) is 11.0 Å². The van der Waals surface area contributed by atoms with Crippen molar-refractivity contribution in [3.63, 3.8) is 0 Å². The van der Waals surface area contributed by atoms with Gasteiger partial charge in [0.1, 0.15) is 0 Å². The highest BCUT2D eigenvalue weighted by atomic mass is 16.3. The lowest BCUT2D eigenvalue weighted by atomic mass is 10.1. The number of benzene rings is 1. The van der Waals surface area contributed by atoms with E-state index >= 15 is 0 Å². The van der Waals surface area contributed by atoms with E-state index in [0.717, 1.165) is 17.5 Å². The molecule has 96 valence electrons. The van der Waals surface area contributed by atoms with Crippen molar-refractivity contribution in [2.24, 2.45) is 0 Å². The Hall–Kier alpha value is -1.88. The van der Waals surface area contributed by atoms with E-state index in [4.69, 9.17) is 5.11 Å². The predicted molar refractivity (Wildman–Crippen MR) is 69.3 cm³/mol. The summed E-state index contributed by atoms with van der Waals surface area (Å²) >= 11 is 0. The number of hydrogen-bond acceptors (Lipinski definition) is 3. The van der Waals surface area contributed by atoms with Crippen LogP contribution in [0.15, 0.2) is 24.5 Å². The molecule has 1 unspecified atom stereocenters. The third kappa shape index (κ3) is 2.68. The molecule has 0 bridgehead atoms. The summed E-state index contributed by atoms with van der Waals surface area (Å²) < 4.78 is 0. The second-order valence-electron chi connectivity index (χ2n) is 4.23. The van der Waals surface area contributed by atoms with Gasteiger partial charge < -0.3 is 15.4 Å². The summed E-state index contributed by atoms with van der Waals surface area (Å²) in [5.41, 5.74) is 2.29. The molecular weight excluding hydrogens is 230 g/mol. The van der Waals surface area contributed by atoms with E-state index in [0.29, 0.717) is 12.0 Å². The van der Waals surface area contributed by atoms with Gasteiger partial charge in [0.2, 0.25) is 0 Å². The second-order valence-corrected chi connectivity index (χ2v) is 4.23. The number of fused-ring (bicyclic) bond motifs is 1. The van der Waals surface area contributed by atoms with Crippen LogP contribution in [-0.2, 0) is 0 Å². The molecule has 1 heterocycles. The summed E-state index contributed by atoms with van der Waals surface area (Å²) in [5.74, 6) is -0.119. The van der Waals surface area contributed by atoms with Crippen molar-refractivity contribution in [2.75, 3.05) is 6.61 Å². The minimum absolute atomic E-state index is 0.0139. The number of amides is 1. The molecule has 2 rings (SSSR count). The van der Waals surface area contributed by atoms with Gasteiger partial charge in [0.05, 0.1) is 17.4 Å². The van der Waals surface area contributed by atoms with Crippen LogP contribution in [0.5, 0.6) is 0 Å². The predicted octanol–water partition coefficient (Wildman–Crippen LogP) is 1.45. The van der Waals surface area contributed by atoms with Gasteiger partial charge in [-0.05, 0) is 31.0 Å². The van der Waals surface area contributed by atoms with Crippen LogP contribution in [0, 0.1) is 0 Å². The summed E-state index contributed by atoms with van der Waals surface area (Å²) in [6.07, 6.45) is 2.99. The first kappa shape index (κ1) is 12.6. The largest absolute Gasteiger partial charge is 0.396 e. The van der Waals surface area contributed by atoms with E-state index in [2.05, 4.69) is 15.3 Å². The summed E-state index contributed by atoms with van der Waals surface area (Å²) in [6.45, 7) is 2.07. The van der Waals surface area contributed by atoms with Gasteiger partial charge in [-0.15, -0.1) is 0 Å². The Bertz CT molecular complexity index is 536. The molecule has 2 aromatic rings. The van der Waals surface area contributed by atoms with Crippen molar-refractivity contribution < 1.29 is 9.90 Å². The highest BCUT2D eigenvalue weighted by Crippen LogP contribution is 2.12. The van der Waals surface area contributed by atoms with Gasteiger partial charge >= 0.3 is 0 Å². The Morgan fingerprint density at radius 1 is 1.56 bits per heavy atom. The molecule has 0 fully saturated rings. The number of aromatic amines is 1. The number of aliphatic hydroxyl groups is 1. The first-order chi connectivity index (χ1) is 8.74. The van der Waals surface area contributed by atoms with E-state index in [1.54, 1.807) is 18.5 Å². The van der Waals surface area contributed by atoms with E-state index in [1.807, 2.05) is 13.0 Å². The van der Waals surface area contributed by atoms with Crippen molar-refractivity contribution in [1.29, 1.82) is 0 Å². The third-order valence-electron chi connectivity index (χ3n) is 2.99. The molecular formula is C13H17N3O2. The van der Waals surface area contributed by atoms with Gasteiger partial charge in [0.15, 0.2) is 0 Å². The van der Waals surface area contributed by atoms with Gasteiger partial charge in [-0.3, -0.25) is 4.79 Å². The summed E-state index contributed by atoms with van der Waals surface area (Å²) in [5, 5.41) is 11.8. The van der Waals surface area contributed by atoms with Crippen LogP contribution in [0.3, 0.4) is 0 Å². The molecule has 1 amide bonds. The fraction of sp³-hybridized carbons (Fsp3) is 0.385. The summed E-state index contributed by atoms with van der Waals surface area (Å²) in [6, 6.07) is 5.36. The molecule has 0 radical (unpaired) electrons. The number of rotatable bonds is 5. The number of imidazole rings is 1. The van der Waals surface area contributed by atoms with Crippen LogP contribution in [0.4, 0.5) is 0 Å². The standard InChI is InChI=1S/C13H17N3O2/c1-2-10(5-6-17)16-13(18)9-3-4-11-12(7-9)15-8-14-11/h3-4,7-8,10,17H,2,5-6H2,1H3,(H,14,15)(H,16,18). The lowest BCUT2D eigenvalue weighted by Gasteiger charge is -2.15. The van der Waals surface area contributed by atoms with Gasteiger partial charge in [-0.25, -0.2) is 4.98 Å². The van der Waals surface area contributed by atoms with Crippen molar-refractivity contribution in [2.45, 2.75) is 25.8 Å². The molecule has 1 aromatic carbocycles. The highest BCUT2D eigenvalue weighted by Gasteiger charge is 2.12. The van der Waals surface area contributed by atoms with Gasteiger partial charge in [0.25, 0.3) is 5.91 Å². The minimum atomic E-state index is -0.119. The van der Waals surface area contributed by atoms with Gasteiger partial charge in [-0.1, -0.05) is 6.92 Å². The molecule has 18 heavy (non-hydrogen) atoms. The number of carbonyl (C=O) groups excluding carboxylic acids is 1. The molecule has 0 aliphatic carbocycles. The number of aromatic nitrogens is 2. The molecule has 1 aromatic heterocycles. The first-order valence-electron chi connectivity index (χ1n) is 6.09. The zero-order chi connectivity index (χ0) is 13.0. The quantitative estimate of drug-likeness (QED) is 0.748. The molecule has 5 nitrogen and oxygen atoms in total.